The van der Waals surface area contributed by atoms with Crippen molar-refractivity contribution < 1.29 is 44.3 Å². The first-order valence-electron chi connectivity index (χ1n) is 6.26. The largest absolute Gasteiger partial charge is 1.00 e. The molecular formula is C16H14NNaO3. The first kappa shape index (κ1) is 17.4. The minimum absolute atomic E-state index is 0. The van der Waals surface area contributed by atoms with Crippen molar-refractivity contribution in [2.24, 2.45) is 0 Å². The van der Waals surface area contributed by atoms with Crippen LogP contribution in [0.25, 0.3) is 0 Å². The summed E-state index contributed by atoms with van der Waals surface area (Å²) in [6.45, 7) is 0. The predicted molar refractivity (Wildman–Crippen MR) is 72.5 cm³/mol. The molecule has 0 saturated heterocycles. The molecule has 0 fully saturated rings. The van der Waals surface area contributed by atoms with Crippen molar-refractivity contribution in [3.8, 4) is 0 Å². The molecule has 1 atom stereocenters. The second-order valence-corrected chi connectivity index (χ2v) is 4.39. The molecule has 0 aliphatic rings. The number of aliphatic carboxylic acids is 1. The van der Waals surface area contributed by atoms with Gasteiger partial charge in [0, 0.05) is 0 Å². The molecule has 2 aromatic carbocycles. The number of carboxylic acids is 1. The molecule has 0 aromatic heterocycles. The van der Waals surface area contributed by atoms with E-state index in [2.05, 4.69) is 5.32 Å². The first-order valence-corrected chi connectivity index (χ1v) is 6.26. The third-order valence-corrected chi connectivity index (χ3v) is 2.88. The number of benzene rings is 2. The van der Waals surface area contributed by atoms with Crippen molar-refractivity contribution >= 4 is 11.9 Å². The topological polar surface area (TPSA) is 69.2 Å². The standard InChI is InChI=1S/C16H15NO3.Na/c18-14(11-12-7-3-1-4-8-12)17-15(16(19)20)13-9-5-2-6-10-13;/h1-10,15H,11H2,(H,17,18)(H,19,20);/q;+1/p-1/t15-;/m1./s1. The average Bonchev–Trinajstić information content (AvgIpc) is 2.46. The molecule has 0 radical (unpaired) electrons. The number of hydrogen-bond donors (Lipinski definition) is 1. The Balaban J connectivity index is 0.00000220. The third-order valence-electron chi connectivity index (χ3n) is 2.88. The van der Waals surface area contributed by atoms with E-state index in [0.717, 1.165) is 5.56 Å². The SMILES string of the molecule is O=C(Cc1ccccc1)N[C@@H](C(=O)[O-])c1ccccc1.[Na+]. The van der Waals surface area contributed by atoms with Crippen molar-refractivity contribution in [2.45, 2.75) is 12.5 Å². The zero-order valence-corrected chi connectivity index (χ0v) is 13.8. The zero-order chi connectivity index (χ0) is 14.4. The van der Waals surface area contributed by atoms with Crippen LogP contribution in [0.1, 0.15) is 17.2 Å². The van der Waals surface area contributed by atoms with Gasteiger partial charge >= 0.3 is 29.6 Å². The van der Waals surface area contributed by atoms with E-state index >= 15 is 0 Å². The molecule has 1 N–H and O–H groups in total. The van der Waals surface area contributed by atoms with Gasteiger partial charge in [0.1, 0.15) is 0 Å². The first-order chi connectivity index (χ1) is 9.66. The zero-order valence-electron chi connectivity index (χ0n) is 11.8. The van der Waals surface area contributed by atoms with Gasteiger partial charge in [-0.3, -0.25) is 4.79 Å². The summed E-state index contributed by atoms with van der Waals surface area (Å²) in [5.74, 6) is -1.67. The number of hydrogen-bond acceptors (Lipinski definition) is 3. The van der Waals surface area contributed by atoms with E-state index in [1.54, 1.807) is 30.3 Å². The van der Waals surface area contributed by atoms with Crippen molar-refractivity contribution in [3.05, 3.63) is 71.8 Å². The number of carbonyl (C=O) groups excluding carboxylic acids is 2. The van der Waals surface area contributed by atoms with Crippen LogP contribution in [0, 0.1) is 0 Å². The maximum absolute atomic E-state index is 11.9. The Labute approximate surface area is 145 Å². The maximum Gasteiger partial charge on any atom is 1.00 e. The van der Waals surface area contributed by atoms with Gasteiger partial charge in [0.25, 0.3) is 0 Å². The van der Waals surface area contributed by atoms with Gasteiger partial charge in [-0.15, -0.1) is 0 Å². The molecule has 0 bridgehead atoms. The Hall–Kier alpha value is -1.62. The Kier molecular flexibility index (Phi) is 7.15. The number of amides is 1. The Bertz CT molecular complexity index is 587. The van der Waals surface area contributed by atoms with Gasteiger partial charge < -0.3 is 15.2 Å². The number of carbonyl (C=O) groups is 2. The molecule has 0 unspecified atom stereocenters. The fraction of sp³-hybridized carbons (Fsp3) is 0.125. The Morgan fingerprint density at radius 3 is 2.00 bits per heavy atom. The van der Waals surface area contributed by atoms with Crippen LogP contribution in [-0.4, -0.2) is 11.9 Å². The summed E-state index contributed by atoms with van der Waals surface area (Å²) in [7, 11) is 0. The number of carboxylic acid groups (broad SMARTS) is 1. The van der Waals surface area contributed by atoms with Crippen molar-refractivity contribution in [1.29, 1.82) is 0 Å². The quantitative estimate of drug-likeness (QED) is 0.638. The van der Waals surface area contributed by atoms with Crippen LogP contribution in [0.15, 0.2) is 60.7 Å². The summed E-state index contributed by atoms with van der Waals surface area (Å²) in [5.41, 5.74) is 1.32. The summed E-state index contributed by atoms with van der Waals surface area (Å²) >= 11 is 0. The van der Waals surface area contributed by atoms with Crippen LogP contribution in [0.3, 0.4) is 0 Å². The summed E-state index contributed by atoms with van der Waals surface area (Å²) in [4.78, 5) is 23.1. The number of rotatable bonds is 5. The molecule has 5 heteroatoms. The summed E-state index contributed by atoms with van der Waals surface area (Å²) in [5, 5.41) is 13.6. The smallest absolute Gasteiger partial charge is 0.548 e. The average molecular weight is 291 g/mol. The normalized spacial score (nSPS) is 11.0. The minimum Gasteiger partial charge on any atom is -0.548 e. The van der Waals surface area contributed by atoms with E-state index in [4.69, 9.17) is 0 Å². The fourth-order valence-electron chi connectivity index (χ4n) is 1.92. The van der Waals surface area contributed by atoms with Crippen LogP contribution in [0.4, 0.5) is 0 Å². The van der Waals surface area contributed by atoms with Crippen LogP contribution < -0.4 is 40.0 Å². The van der Waals surface area contributed by atoms with Gasteiger partial charge in [-0.25, -0.2) is 0 Å². The summed E-state index contributed by atoms with van der Waals surface area (Å²) in [6, 6.07) is 16.5. The van der Waals surface area contributed by atoms with E-state index in [1.165, 1.54) is 0 Å². The molecule has 0 aliphatic carbocycles. The van der Waals surface area contributed by atoms with Gasteiger partial charge in [0.2, 0.25) is 5.91 Å². The molecule has 0 heterocycles. The van der Waals surface area contributed by atoms with E-state index in [1.807, 2.05) is 30.3 Å². The predicted octanol–water partition coefficient (Wildman–Crippen LogP) is -2.16. The van der Waals surface area contributed by atoms with Crippen LogP contribution in [-0.2, 0) is 16.0 Å². The van der Waals surface area contributed by atoms with Crippen molar-refractivity contribution in [2.75, 3.05) is 0 Å². The van der Waals surface area contributed by atoms with Gasteiger partial charge in [0.05, 0.1) is 18.4 Å². The molecule has 0 saturated carbocycles. The molecule has 21 heavy (non-hydrogen) atoms. The third kappa shape index (κ3) is 5.34. The second kappa shape index (κ2) is 8.62. The van der Waals surface area contributed by atoms with Gasteiger partial charge in [-0.05, 0) is 11.1 Å². The van der Waals surface area contributed by atoms with Gasteiger partial charge in [0.15, 0.2) is 0 Å². The van der Waals surface area contributed by atoms with E-state index in [9.17, 15) is 14.7 Å². The minimum atomic E-state index is -1.32. The molecule has 4 nitrogen and oxygen atoms in total. The second-order valence-electron chi connectivity index (χ2n) is 4.39. The van der Waals surface area contributed by atoms with Gasteiger partial charge in [-0.2, -0.15) is 0 Å². The molecule has 0 aliphatic heterocycles. The van der Waals surface area contributed by atoms with Crippen molar-refractivity contribution in [3.63, 3.8) is 0 Å². The molecule has 2 rings (SSSR count). The van der Waals surface area contributed by atoms with E-state index in [-0.39, 0.29) is 41.9 Å². The maximum atomic E-state index is 11.9. The molecule has 1 amide bonds. The number of nitrogens with one attached hydrogen (secondary N) is 1. The van der Waals surface area contributed by atoms with E-state index < -0.39 is 12.0 Å². The molecular weight excluding hydrogens is 277 g/mol. The Morgan fingerprint density at radius 1 is 0.952 bits per heavy atom. The Morgan fingerprint density at radius 2 is 1.48 bits per heavy atom. The molecule has 0 spiro atoms. The van der Waals surface area contributed by atoms with E-state index in [0.29, 0.717) is 5.56 Å². The molecule has 2 aromatic rings. The summed E-state index contributed by atoms with van der Waals surface area (Å²) in [6.07, 6.45) is 0.136. The monoisotopic (exact) mass is 291 g/mol. The van der Waals surface area contributed by atoms with Crippen LogP contribution in [0.5, 0.6) is 0 Å². The molecule has 102 valence electrons. The van der Waals surface area contributed by atoms with Crippen molar-refractivity contribution in [1.82, 2.24) is 5.32 Å². The van der Waals surface area contributed by atoms with Crippen LogP contribution in [0.2, 0.25) is 0 Å². The van der Waals surface area contributed by atoms with Gasteiger partial charge in [-0.1, -0.05) is 60.7 Å². The summed E-state index contributed by atoms with van der Waals surface area (Å²) < 4.78 is 0. The fourth-order valence-corrected chi connectivity index (χ4v) is 1.92. The van der Waals surface area contributed by atoms with Crippen LogP contribution >= 0.6 is 0 Å².